The van der Waals surface area contributed by atoms with Gasteiger partial charge in [0.25, 0.3) is 5.91 Å². The van der Waals surface area contributed by atoms with Gasteiger partial charge in [0.05, 0.1) is 0 Å². The summed E-state index contributed by atoms with van der Waals surface area (Å²) in [5.74, 6) is -0.638. The number of amides is 1. The van der Waals surface area contributed by atoms with Crippen LogP contribution < -0.4 is 5.32 Å². The summed E-state index contributed by atoms with van der Waals surface area (Å²) in [5, 5.41) is 2.79. The van der Waals surface area contributed by atoms with Crippen molar-refractivity contribution in [1.29, 1.82) is 0 Å². The number of halogens is 2. The first-order valence-electron chi connectivity index (χ1n) is 5.86. The van der Waals surface area contributed by atoms with Crippen LogP contribution in [0.1, 0.15) is 21.5 Å². The molecule has 0 radical (unpaired) electrons. The average molecular weight is 322 g/mol. The van der Waals surface area contributed by atoms with Crippen LogP contribution in [0.15, 0.2) is 46.9 Å². The van der Waals surface area contributed by atoms with Crippen molar-refractivity contribution in [3.8, 4) is 0 Å². The van der Waals surface area contributed by atoms with Gasteiger partial charge in [-0.15, -0.1) is 0 Å². The summed E-state index contributed by atoms with van der Waals surface area (Å²) in [4.78, 5) is 12.0. The minimum Gasteiger partial charge on any atom is -0.348 e. The molecule has 0 fully saturated rings. The predicted octanol–water partition coefficient (Wildman–Crippen LogP) is 3.83. The molecular formula is C15H13BrFNO. The molecule has 2 rings (SSSR count). The van der Waals surface area contributed by atoms with Crippen LogP contribution in [-0.2, 0) is 6.54 Å². The summed E-state index contributed by atoms with van der Waals surface area (Å²) >= 11 is 3.42. The van der Waals surface area contributed by atoms with E-state index in [1.54, 1.807) is 13.0 Å². The number of hydrogen-bond donors (Lipinski definition) is 1. The highest BCUT2D eigenvalue weighted by Crippen LogP contribution is 2.16. The lowest BCUT2D eigenvalue weighted by atomic mass is 10.1. The molecule has 0 saturated carbocycles. The second-order valence-electron chi connectivity index (χ2n) is 4.19. The van der Waals surface area contributed by atoms with E-state index in [1.165, 1.54) is 12.1 Å². The first-order chi connectivity index (χ1) is 9.09. The van der Waals surface area contributed by atoms with Crippen LogP contribution in [-0.4, -0.2) is 5.91 Å². The third-order valence-electron chi connectivity index (χ3n) is 2.91. The first-order valence-corrected chi connectivity index (χ1v) is 6.65. The molecule has 0 aliphatic rings. The fraction of sp³-hybridized carbons (Fsp3) is 0.133. The molecule has 4 heteroatoms. The third-order valence-corrected chi connectivity index (χ3v) is 3.68. The van der Waals surface area contributed by atoms with E-state index in [2.05, 4.69) is 21.2 Å². The van der Waals surface area contributed by atoms with Crippen LogP contribution in [0.2, 0.25) is 0 Å². The highest BCUT2D eigenvalue weighted by atomic mass is 79.9. The van der Waals surface area contributed by atoms with Crippen LogP contribution in [0.3, 0.4) is 0 Å². The maximum Gasteiger partial charge on any atom is 0.251 e. The second-order valence-corrected chi connectivity index (χ2v) is 5.04. The van der Waals surface area contributed by atoms with E-state index in [1.807, 2.05) is 24.3 Å². The number of carbonyl (C=O) groups is 1. The molecule has 0 heterocycles. The largest absolute Gasteiger partial charge is 0.348 e. The average Bonchev–Trinajstić information content (AvgIpc) is 2.40. The third kappa shape index (κ3) is 3.20. The van der Waals surface area contributed by atoms with Crippen molar-refractivity contribution in [3.63, 3.8) is 0 Å². The topological polar surface area (TPSA) is 29.1 Å². The van der Waals surface area contributed by atoms with Gasteiger partial charge < -0.3 is 5.32 Å². The standard InChI is InChI=1S/C15H13BrFNO/c1-10-12(6-4-8-14(10)17)15(19)18-9-11-5-2-3-7-13(11)16/h2-8H,9H2,1H3,(H,18,19). The maximum absolute atomic E-state index is 13.4. The molecule has 2 aromatic carbocycles. The Balaban J connectivity index is 2.10. The van der Waals surface area contributed by atoms with Gasteiger partial charge in [0.1, 0.15) is 5.82 Å². The monoisotopic (exact) mass is 321 g/mol. The molecular weight excluding hydrogens is 309 g/mol. The van der Waals surface area contributed by atoms with Gasteiger partial charge >= 0.3 is 0 Å². The van der Waals surface area contributed by atoms with E-state index < -0.39 is 0 Å². The van der Waals surface area contributed by atoms with Crippen LogP contribution in [0, 0.1) is 12.7 Å². The number of hydrogen-bond acceptors (Lipinski definition) is 1. The molecule has 0 aliphatic heterocycles. The lowest BCUT2D eigenvalue weighted by Crippen LogP contribution is -2.24. The number of benzene rings is 2. The Morgan fingerprint density at radius 2 is 1.95 bits per heavy atom. The van der Waals surface area contributed by atoms with Gasteiger partial charge in [-0.1, -0.05) is 40.2 Å². The van der Waals surface area contributed by atoms with Gasteiger partial charge in [0, 0.05) is 16.6 Å². The SMILES string of the molecule is Cc1c(F)cccc1C(=O)NCc1ccccc1Br. The van der Waals surface area contributed by atoms with E-state index in [4.69, 9.17) is 0 Å². The molecule has 0 aromatic heterocycles. The Bertz CT molecular complexity index is 613. The summed E-state index contributed by atoms with van der Waals surface area (Å²) in [7, 11) is 0. The molecule has 1 N–H and O–H groups in total. The Morgan fingerprint density at radius 1 is 1.21 bits per heavy atom. The van der Waals surface area contributed by atoms with Crippen molar-refractivity contribution in [3.05, 3.63) is 69.4 Å². The molecule has 0 saturated heterocycles. The van der Waals surface area contributed by atoms with Crippen molar-refractivity contribution < 1.29 is 9.18 Å². The predicted molar refractivity (Wildman–Crippen MR) is 76.4 cm³/mol. The quantitative estimate of drug-likeness (QED) is 0.914. The zero-order valence-corrected chi connectivity index (χ0v) is 12.0. The van der Waals surface area contributed by atoms with Crippen LogP contribution in [0.25, 0.3) is 0 Å². The second kappa shape index (κ2) is 5.97. The fourth-order valence-electron chi connectivity index (χ4n) is 1.77. The molecule has 2 aromatic rings. The van der Waals surface area contributed by atoms with Gasteiger partial charge in [-0.3, -0.25) is 4.79 Å². The van der Waals surface area contributed by atoms with E-state index in [0.717, 1.165) is 10.0 Å². The Kier molecular flexibility index (Phi) is 4.32. The summed E-state index contributed by atoms with van der Waals surface area (Å²) in [6, 6.07) is 12.1. The Labute approximate surface area is 119 Å². The van der Waals surface area contributed by atoms with E-state index in [9.17, 15) is 9.18 Å². The number of carbonyl (C=O) groups excluding carboxylic acids is 1. The minimum absolute atomic E-state index is 0.271. The molecule has 1 amide bonds. The molecule has 2 nitrogen and oxygen atoms in total. The number of rotatable bonds is 3. The van der Waals surface area contributed by atoms with Crippen LogP contribution >= 0.6 is 15.9 Å². The van der Waals surface area contributed by atoms with Crippen LogP contribution in [0.4, 0.5) is 4.39 Å². The Hall–Kier alpha value is -1.68. The van der Waals surface area contributed by atoms with Crippen molar-refractivity contribution >= 4 is 21.8 Å². The zero-order chi connectivity index (χ0) is 13.8. The molecule has 0 spiro atoms. The molecule has 0 bridgehead atoms. The summed E-state index contributed by atoms with van der Waals surface area (Å²) in [6.45, 7) is 2.00. The van der Waals surface area contributed by atoms with Crippen molar-refractivity contribution in [2.45, 2.75) is 13.5 Å². The molecule has 98 valence electrons. The molecule has 0 atom stereocenters. The van der Waals surface area contributed by atoms with E-state index in [0.29, 0.717) is 17.7 Å². The van der Waals surface area contributed by atoms with Gasteiger partial charge in [-0.25, -0.2) is 4.39 Å². The normalized spacial score (nSPS) is 10.3. The van der Waals surface area contributed by atoms with Gasteiger partial charge in [0.15, 0.2) is 0 Å². The lowest BCUT2D eigenvalue weighted by molar-refractivity contribution is 0.0949. The number of nitrogens with one attached hydrogen (secondary N) is 1. The van der Waals surface area contributed by atoms with Crippen molar-refractivity contribution in [1.82, 2.24) is 5.32 Å². The van der Waals surface area contributed by atoms with E-state index >= 15 is 0 Å². The first kappa shape index (κ1) is 13.7. The van der Waals surface area contributed by atoms with Crippen molar-refractivity contribution in [2.24, 2.45) is 0 Å². The smallest absolute Gasteiger partial charge is 0.251 e. The highest BCUT2D eigenvalue weighted by Gasteiger charge is 2.11. The van der Waals surface area contributed by atoms with Crippen molar-refractivity contribution in [2.75, 3.05) is 0 Å². The summed E-state index contributed by atoms with van der Waals surface area (Å²) in [6.07, 6.45) is 0. The fourth-order valence-corrected chi connectivity index (χ4v) is 2.19. The highest BCUT2D eigenvalue weighted by molar-refractivity contribution is 9.10. The van der Waals surface area contributed by atoms with Gasteiger partial charge in [-0.05, 0) is 36.2 Å². The van der Waals surface area contributed by atoms with Crippen LogP contribution in [0.5, 0.6) is 0 Å². The van der Waals surface area contributed by atoms with E-state index in [-0.39, 0.29) is 11.7 Å². The Morgan fingerprint density at radius 3 is 2.68 bits per heavy atom. The van der Waals surface area contributed by atoms with Gasteiger partial charge in [-0.2, -0.15) is 0 Å². The summed E-state index contributed by atoms with van der Waals surface area (Å²) in [5.41, 5.74) is 1.71. The molecule has 0 aliphatic carbocycles. The maximum atomic E-state index is 13.4. The molecule has 19 heavy (non-hydrogen) atoms. The lowest BCUT2D eigenvalue weighted by Gasteiger charge is -2.09. The zero-order valence-electron chi connectivity index (χ0n) is 10.4. The minimum atomic E-state index is -0.367. The molecule has 0 unspecified atom stereocenters. The van der Waals surface area contributed by atoms with Gasteiger partial charge in [0.2, 0.25) is 0 Å². The summed E-state index contributed by atoms with van der Waals surface area (Å²) < 4.78 is 14.3.